The Morgan fingerprint density at radius 1 is 1.23 bits per heavy atom. The van der Waals surface area contributed by atoms with Crippen molar-refractivity contribution in [1.82, 2.24) is 9.80 Å². The third-order valence-corrected chi connectivity index (χ3v) is 4.98. The van der Waals surface area contributed by atoms with E-state index in [-0.39, 0.29) is 24.6 Å². The first kappa shape index (κ1) is 18.4. The number of ether oxygens (including phenoxy) is 2. The van der Waals surface area contributed by atoms with E-state index >= 15 is 0 Å². The summed E-state index contributed by atoms with van der Waals surface area (Å²) in [6.07, 6.45) is 3.53. The number of piperidine rings is 1. The predicted octanol–water partition coefficient (Wildman–Crippen LogP) is 2.92. The van der Waals surface area contributed by atoms with Crippen molar-refractivity contribution in [1.29, 1.82) is 0 Å². The molecule has 3 amide bonds. The number of nitrogens with one attached hydrogen (secondary N) is 1. The van der Waals surface area contributed by atoms with Crippen LogP contribution in [-0.4, -0.2) is 55.2 Å². The van der Waals surface area contributed by atoms with Crippen LogP contribution in [0.1, 0.15) is 32.6 Å². The lowest BCUT2D eigenvalue weighted by molar-refractivity contribution is -0.135. The Hall–Kier alpha value is -2.44. The Balaban J connectivity index is 1.48. The van der Waals surface area contributed by atoms with E-state index in [1.165, 1.54) is 0 Å². The second kappa shape index (κ2) is 8.29. The SMILES string of the molecule is CCCCN(C)C(=O)C1CCN(C(=O)Nc2ccc3c(c2)OCO3)CC1. The number of hydrogen-bond acceptors (Lipinski definition) is 4. The molecule has 142 valence electrons. The monoisotopic (exact) mass is 361 g/mol. The molecule has 0 saturated carbocycles. The van der Waals surface area contributed by atoms with Gasteiger partial charge in [0.15, 0.2) is 11.5 Å². The summed E-state index contributed by atoms with van der Waals surface area (Å²) in [5, 5.41) is 2.89. The van der Waals surface area contributed by atoms with Gasteiger partial charge < -0.3 is 24.6 Å². The van der Waals surface area contributed by atoms with Crippen molar-refractivity contribution in [2.45, 2.75) is 32.6 Å². The zero-order valence-corrected chi connectivity index (χ0v) is 15.5. The molecule has 0 bridgehead atoms. The fourth-order valence-corrected chi connectivity index (χ4v) is 3.32. The summed E-state index contributed by atoms with van der Waals surface area (Å²) in [4.78, 5) is 28.5. The number of benzene rings is 1. The maximum absolute atomic E-state index is 12.5. The molecular formula is C19H27N3O4. The van der Waals surface area contributed by atoms with Crippen LogP contribution in [0, 0.1) is 5.92 Å². The molecule has 2 heterocycles. The van der Waals surface area contributed by atoms with E-state index in [0.717, 1.165) is 19.4 Å². The molecule has 3 rings (SSSR count). The van der Waals surface area contributed by atoms with E-state index < -0.39 is 0 Å². The van der Waals surface area contributed by atoms with E-state index in [2.05, 4.69) is 12.2 Å². The molecule has 0 radical (unpaired) electrons. The van der Waals surface area contributed by atoms with E-state index in [9.17, 15) is 9.59 Å². The topological polar surface area (TPSA) is 71.1 Å². The van der Waals surface area contributed by atoms with E-state index in [1.807, 2.05) is 11.9 Å². The maximum atomic E-state index is 12.5. The minimum Gasteiger partial charge on any atom is -0.454 e. The average molecular weight is 361 g/mol. The number of carbonyl (C=O) groups excluding carboxylic acids is 2. The number of fused-ring (bicyclic) bond motifs is 1. The zero-order chi connectivity index (χ0) is 18.5. The molecule has 7 heteroatoms. The highest BCUT2D eigenvalue weighted by Crippen LogP contribution is 2.34. The predicted molar refractivity (Wildman–Crippen MR) is 98.4 cm³/mol. The highest BCUT2D eigenvalue weighted by molar-refractivity contribution is 5.90. The summed E-state index contributed by atoms with van der Waals surface area (Å²) in [6.45, 7) is 4.32. The van der Waals surface area contributed by atoms with Gasteiger partial charge in [-0.25, -0.2) is 4.79 Å². The second-order valence-electron chi connectivity index (χ2n) is 6.87. The van der Waals surface area contributed by atoms with Gasteiger partial charge in [0.05, 0.1) is 0 Å². The Morgan fingerprint density at radius 2 is 1.96 bits per heavy atom. The molecule has 7 nitrogen and oxygen atoms in total. The minimum atomic E-state index is -0.144. The molecule has 1 saturated heterocycles. The lowest BCUT2D eigenvalue weighted by atomic mass is 9.95. The number of unbranched alkanes of at least 4 members (excludes halogenated alkanes) is 1. The van der Waals surface area contributed by atoms with Gasteiger partial charge in [0.25, 0.3) is 0 Å². The van der Waals surface area contributed by atoms with Gasteiger partial charge in [0.2, 0.25) is 12.7 Å². The molecule has 0 atom stereocenters. The molecule has 1 N–H and O–H groups in total. The van der Waals surface area contributed by atoms with Crippen molar-refractivity contribution in [2.24, 2.45) is 5.92 Å². The van der Waals surface area contributed by atoms with Crippen molar-refractivity contribution < 1.29 is 19.1 Å². The van der Waals surface area contributed by atoms with Crippen molar-refractivity contribution in [3.63, 3.8) is 0 Å². The van der Waals surface area contributed by atoms with E-state index in [0.29, 0.717) is 43.1 Å². The third kappa shape index (κ3) is 4.20. The molecule has 1 fully saturated rings. The van der Waals surface area contributed by atoms with Gasteiger partial charge in [-0.1, -0.05) is 13.3 Å². The molecule has 1 aromatic carbocycles. The number of nitrogens with zero attached hydrogens (tertiary/aromatic N) is 2. The summed E-state index contributed by atoms with van der Waals surface area (Å²) in [7, 11) is 1.87. The van der Waals surface area contributed by atoms with Crippen LogP contribution in [0.3, 0.4) is 0 Å². The van der Waals surface area contributed by atoms with Crippen LogP contribution in [0.2, 0.25) is 0 Å². The highest BCUT2D eigenvalue weighted by atomic mass is 16.7. The van der Waals surface area contributed by atoms with Gasteiger partial charge in [-0.05, 0) is 31.4 Å². The summed E-state index contributed by atoms with van der Waals surface area (Å²) in [6, 6.07) is 5.20. The van der Waals surface area contributed by atoms with E-state index in [1.54, 1.807) is 23.1 Å². The fraction of sp³-hybridized carbons (Fsp3) is 0.579. The molecule has 26 heavy (non-hydrogen) atoms. The highest BCUT2D eigenvalue weighted by Gasteiger charge is 2.29. The summed E-state index contributed by atoms with van der Waals surface area (Å²) < 4.78 is 10.6. The number of likely N-dealkylation sites (tertiary alicyclic amines) is 1. The van der Waals surface area contributed by atoms with Gasteiger partial charge in [-0.2, -0.15) is 0 Å². The zero-order valence-electron chi connectivity index (χ0n) is 15.5. The smallest absolute Gasteiger partial charge is 0.321 e. The lowest BCUT2D eigenvalue weighted by Gasteiger charge is -2.33. The van der Waals surface area contributed by atoms with Crippen LogP contribution in [0.4, 0.5) is 10.5 Å². The van der Waals surface area contributed by atoms with Crippen molar-refractivity contribution in [3.05, 3.63) is 18.2 Å². The Morgan fingerprint density at radius 3 is 2.69 bits per heavy atom. The van der Waals surface area contributed by atoms with Gasteiger partial charge in [-0.3, -0.25) is 4.79 Å². The third-order valence-electron chi connectivity index (χ3n) is 4.98. The van der Waals surface area contributed by atoms with Crippen LogP contribution < -0.4 is 14.8 Å². The molecule has 0 spiro atoms. The first-order valence-corrected chi connectivity index (χ1v) is 9.29. The summed E-state index contributed by atoms with van der Waals surface area (Å²) in [5.41, 5.74) is 0.678. The lowest BCUT2D eigenvalue weighted by Crippen LogP contribution is -2.45. The largest absolute Gasteiger partial charge is 0.454 e. The average Bonchev–Trinajstić information content (AvgIpc) is 3.13. The van der Waals surface area contributed by atoms with Crippen LogP contribution in [0.15, 0.2) is 18.2 Å². The van der Waals surface area contributed by atoms with Gasteiger partial charge in [0.1, 0.15) is 0 Å². The van der Waals surface area contributed by atoms with E-state index in [4.69, 9.17) is 9.47 Å². The number of anilines is 1. The number of hydrogen-bond donors (Lipinski definition) is 1. The van der Waals surface area contributed by atoms with Crippen molar-refractivity contribution in [3.8, 4) is 11.5 Å². The fourth-order valence-electron chi connectivity index (χ4n) is 3.32. The van der Waals surface area contributed by atoms with Crippen LogP contribution in [0.25, 0.3) is 0 Å². The Labute approximate surface area is 154 Å². The normalized spacial score (nSPS) is 16.5. The Kier molecular flexibility index (Phi) is 5.85. The molecule has 2 aliphatic rings. The molecule has 0 aliphatic carbocycles. The van der Waals surface area contributed by atoms with Crippen molar-refractivity contribution >= 4 is 17.6 Å². The summed E-state index contributed by atoms with van der Waals surface area (Å²) in [5.74, 6) is 1.55. The number of urea groups is 1. The van der Waals surface area contributed by atoms with Crippen molar-refractivity contribution in [2.75, 3.05) is 38.8 Å². The number of carbonyl (C=O) groups is 2. The number of amides is 3. The number of rotatable bonds is 5. The standard InChI is InChI=1S/C19H27N3O4/c1-3-4-9-21(2)18(23)14-7-10-22(11-8-14)19(24)20-15-5-6-16-17(12-15)26-13-25-16/h5-6,12,14H,3-4,7-11,13H2,1-2H3,(H,20,24). The maximum Gasteiger partial charge on any atom is 0.321 e. The van der Waals surface area contributed by atoms with Crippen LogP contribution in [0.5, 0.6) is 11.5 Å². The molecule has 0 unspecified atom stereocenters. The van der Waals surface area contributed by atoms with Crippen LogP contribution in [-0.2, 0) is 4.79 Å². The van der Waals surface area contributed by atoms with Crippen LogP contribution >= 0.6 is 0 Å². The van der Waals surface area contributed by atoms with Gasteiger partial charge >= 0.3 is 6.03 Å². The molecule has 1 aromatic rings. The van der Waals surface area contributed by atoms with Gasteiger partial charge in [0, 0.05) is 44.4 Å². The first-order valence-electron chi connectivity index (χ1n) is 9.29. The molecule has 0 aromatic heterocycles. The second-order valence-corrected chi connectivity index (χ2v) is 6.87. The quantitative estimate of drug-likeness (QED) is 0.875. The first-order chi connectivity index (χ1) is 12.6. The molecular weight excluding hydrogens is 334 g/mol. The van der Waals surface area contributed by atoms with Gasteiger partial charge in [-0.15, -0.1) is 0 Å². The minimum absolute atomic E-state index is 0.0199. The molecule has 2 aliphatic heterocycles. The summed E-state index contributed by atoms with van der Waals surface area (Å²) >= 11 is 0. The Bertz CT molecular complexity index is 656.